The molecular formula is C32H43N3O7. The largest absolute Gasteiger partial charge is 0.332 e. The van der Waals surface area contributed by atoms with Crippen molar-refractivity contribution in [2.75, 3.05) is 25.0 Å². The number of hydrogen-bond donors (Lipinski definition) is 1. The fourth-order valence-corrected chi connectivity index (χ4v) is 7.89. The second-order valence-electron chi connectivity index (χ2n) is 13.3. The van der Waals surface area contributed by atoms with E-state index >= 15 is 0 Å². The van der Waals surface area contributed by atoms with Crippen LogP contribution in [-0.4, -0.2) is 58.7 Å². The Hall–Kier alpha value is -2.53. The third kappa shape index (κ3) is 5.47. The lowest BCUT2D eigenvalue weighted by molar-refractivity contribution is -0.662. The molecule has 3 saturated carbocycles. The van der Waals surface area contributed by atoms with Crippen LogP contribution in [0.4, 0.5) is 5.69 Å². The molecule has 5 fully saturated rings. The van der Waals surface area contributed by atoms with Crippen molar-refractivity contribution in [2.24, 2.45) is 11.8 Å². The van der Waals surface area contributed by atoms with Gasteiger partial charge in [0.15, 0.2) is 0 Å². The van der Waals surface area contributed by atoms with Gasteiger partial charge < -0.3 is 15.1 Å². The number of hydrogen-bond acceptors (Lipinski definition) is 7. The Labute approximate surface area is 247 Å². The molecule has 228 valence electrons. The Balaban J connectivity index is 0.981. The molecule has 2 spiro atoms. The summed E-state index contributed by atoms with van der Waals surface area (Å²) >= 11 is 0. The van der Waals surface area contributed by atoms with Crippen LogP contribution < -0.4 is 5.32 Å². The van der Waals surface area contributed by atoms with Gasteiger partial charge in [0, 0.05) is 56.3 Å². The summed E-state index contributed by atoms with van der Waals surface area (Å²) in [6, 6.07) is 5.84. The molecular weight excluding hydrogens is 538 g/mol. The van der Waals surface area contributed by atoms with E-state index in [0.29, 0.717) is 38.8 Å². The maximum absolute atomic E-state index is 13.3. The fraction of sp³-hybridized carbons (Fsp3) is 0.719. The van der Waals surface area contributed by atoms with Crippen LogP contribution in [0.2, 0.25) is 0 Å². The van der Waals surface area contributed by atoms with Crippen molar-refractivity contribution in [2.45, 2.75) is 114 Å². The zero-order valence-corrected chi connectivity index (χ0v) is 24.4. The third-order valence-corrected chi connectivity index (χ3v) is 10.5. The van der Waals surface area contributed by atoms with Gasteiger partial charge in [0.25, 0.3) is 0 Å². The summed E-state index contributed by atoms with van der Waals surface area (Å²) in [5, 5.41) is 3.13. The second kappa shape index (κ2) is 11.5. The summed E-state index contributed by atoms with van der Waals surface area (Å²) in [7, 11) is 0. The number of carbonyl (C=O) groups excluding carboxylic acids is 3. The molecule has 0 bridgehead atoms. The summed E-state index contributed by atoms with van der Waals surface area (Å²) < 4.78 is 0. The lowest BCUT2D eigenvalue weighted by atomic mass is 9.84. The number of piperazine rings is 1. The van der Waals surface area contributed by atoms with Gasteiger partial charge in [-0.1, -0.05) is 31.7 Å². The first-order valence-electron chi connectivity index (χ1n) is 16.2. The van der Waals surface area contributed by atoms with E-state index in [1.807, 2.05) is 17.0 Å². The highest BCUT2D eigenvalue weighted by Crippen LogP contribution is 2.45. The van der Waals surface area contributed by atoms with Crippen LogP contribution in [0.1, 0.15) is 107 Å². The lowest BCUT2D eigenvalue weighted by Crippen LogP contribution is -2.56. The smallest absolute Gasteiger partial charge is 0.242 e. The number of anilines is 1. The number of carbonyl (C=O) groups is 3. The molecule has 10 heteroatoms. The van der Waals surface area contributed by atoms with Gasteiger partial charge in [-0.3, -0.25) is 14.4 Å². The number of fused-ring (bicyclic) bond motifs is 3. The van der Waals surface area contributed by atoms with E-state index in [1.54, 1.807) is 4.90 Å². The summed E-state index contributed by atoms with van der Waals surface area (Å²) in [5.41, 5.74) is 2.93. The second-order valence-corrected chi connectivity index (χ2v) is 13.3. The van der Waals surface area contributed by atoms with Crippen LogP contribution in [0.25, 0.3) is 0 Å². The first-order chi connectivity index (χ1) is 20.4. The number of amides is 3. The molecule has 10 nitrogen and oxygen atoms in total. The summed E-state index contributed by atoms with van der Waals surface area (Å²) in [6.45, 7) is 1.35. The molecule has 3 amide bonds. The molecule has 42 heavy (non-hydrogen) atoms. The minimum absolute atomic E-state index is 0.0150. The third-order valence-electron chi connectivity index (χ3n) is 10.5. The SMILES string of the molecule is O=C(Nc1ccc2c(c1)C1CN(C(=O)C3CCCCC3)CC(=O)N1CC2)C1CCC2(CC1)OOC1(CCCCC1)OO2. The van der Waals surface area contributed by atoms with E-state index in [1.165, 1.54) is 12.0 Å². The molecule has 0 radical (unpaired) electrons. The topological polar surface area (TPSA) is 107 Å². The Kier molecular flexibility index (Phi) is 7.75. The van der Waals surface area contributed by atoms with E-state index in [-0.39, 0.29) is 42.1 Å². The minimum Gasteiger partial charge on any atom is -0.332 e. The summed E-state index contributed by atoms with van der Waals surface area (Å²) in [4.78, 5) is 66.6. The van der Waals surface area contributed by atoms with Gasteiger partial charge in [-0.2, -0.15) is 19.6 Å². The van der Waals surface area contributed by atoms with Crippen LogP contribution in [0.5, 0.6) is 0 Å². The molecule has 1 aromatic carbocycles. The van der Waals surface area contributed by atoms with E-state index in [4.69, 9.17) is 19.6 Å². The van der Waals surface area contributed by atoms with Gasteiger partial charge in [-0.05, 0) is 68.2 Å². The van der Waals surface area contributed by atoms with Gasteiger partial charge in [0.05, 0.1) is 12.6 Å². The molecule has 2 saturated heterocycles. The highest BCUT2D eigenvalue weighted by Gasteiger charge is 2.51. The van der Waals surface area contributed by atoms with E-state index in [0.717, 1.165) is 75.5 Å². The lowest BCUT2D eigenvalue weighted by Gasteiger charge is -2.46. The molecule has 0 aromatic heterocycles. The molecule has 3 aliphatic heterocycles. The number of rotatable bonds is 3. The summed E-state index contributed by atoms with van der Waals surface area (Å²) in [6.07, 6.45) is 12.9. The van der Waals surface area contributed by atoms with Crippen molar-refractivity contribution in [1.29, 1.82) is 0 Å². The van der Waals surface area contributed by atoms with Crippen LogP contribution in [0, 0.1) is 11.8 Å². The van der Waals surface area contributed by atoms with Crippen molar-refractivity contribution in [3.05, 3.63) is 29.3 Å². The van der Waals surface area contributed by atoms with E-state index < -0.39 is 11.6 Å². The van der Waals surface area contributed by atoms with Crippen molar-refractivity contribution in [1.82, 2.24) is 9.80 Å². The van der Waals surface area contributed by atoms with Gasteiger partial charge in [-0.25, -0.2) is 0 Å². The van der Waals surface area contributed by atoms with Crippen molar-refractivity contribution < 1.29 is 33.9 Å². The Morgan fingerprint density at radius 3 is 2.19 bits per heavy atom. The van der Waals surface area contributed by atoms with Crippen LogP contribution in [0.3, 0.4) is 0 Å². The predicted octanol–water partition coefficient (Wildman–Crippen LogP) is 4.93. The van der Waals surface area contributed by atoms with Gasteiger partial charge >= 0.3 is 0 Å². The highest BCUT2D eigenvalue weighted by molar-refractivity contribution is 5.93. The summed E-state index contributed by atoms with van der Waals surface area (Å²) in [5.74, 6) is -1.77. The van der Waals surface area contributed by atoms with Crippen molar-refractivity contribution in [3.8, 4) is 0 Å². The zero-order chi connectivity index (χ0) is 28.7. The Morgan fingerprint density at radius 1 is 0.810 bits per heavy atom. The molecule has 1 atom stereocenters. The molecule has 1 aromatic rings. The van der Waals surface area contributed by atoms with Crippen LogP contribution >= 0.6 is 0 Å². The monoisotopic (exact) mass is 581 g/mol. The maximum atomic E-state index is 13.3. The average molecular weight is 582 g/mol. The molecule has 6 aliphatic rings. The van der Waals surface area contributed by atoms with E-state index in [9.17, 15) is 14.4 Å². The van der Waals surface area contributed by atoms with E-state index in [2.05, 4.69) is 11.4 Å². The molecule has 1 unspecified atom stereocenters. The minimum atomic E-state index is -0.955. The predicted molar refractivity (Wildman–Crippen MR) is 151 cm³/mol. The van der Waals surface area contributed by atoms with Gasteiger partial charge in [-0.15, -0.1) is 0 Å². The van der Waals surface area contributed by atoms with Gasteiger partial charge in [0.2, 0.25) is 29.3 Å². The Bertz CT molecular complexity index is 1190. The molecule has 1 N–H and O–H groups in total. The van der Waals surface area contributed by atoms with Gasteiger partial charge in [0.1, 0.15) is 0 Å². The first kappa shape index (κ1) is 28.3. The van der Waals surface area contributed by atoms with Crippen molar-refractivity contribution >= 4 is 23.4 Å². The van der Waals surface area contributed by atoms with Crippen LogP contribution in [0.15, 0.2) is 18.2 Å². The normalized spacial score (nSPS) is 27.9. The molecule has 3 heterocycles. The average Bonchev–Trinajstić information content (AvgIpc) is 3.03. The number of benzene rings is 1. The Morgan fingerprint density at radius 2 is 1.48 bits per heavy atom. The quantitative estimate of drug-likeness (QED) is 0.505. The number of nitrogens with one attached hydrogen (secondary N) is 1. The molecule has 3 aliphatic carbocycles. The molecule has 7 rings (SSSR count). The highest BCUT2D eigenvalue weighted by atomic mass is 17.4. The van der Waals surface area contributed by atoms with Crippen molar-refractivity contribution in [3.63, 3.8) is 0 Å². The van der Waals surface area contributed by atoms with Crippen LogP contribution in [-0.2, 0) is 40.4 Å². The standard InChI is InChI=1S/C32H43N3O7/c36-28-21-34(30(38)24-7-3-1-4-8-24)20-27-26-19-25(10-9-22(26)13-18-35(27)28)33-29(37)23-11-16-32(17-12-23)41-39-31(40-42-32)14-5-2-6-15-31/h9-10,19,23-24,27H,1-8,11-18,20-21H2,(H,33,37). The zero-order valence-electron chi connectivity index (χ0n) is 24.4. The number of nitrogens with zero attached hydrogens (tertiary/aromatic N) is 2. The first-order valence-corrected chi connectivity index (χ1v) is 16.2. The maximum Gasteiger partial charge on any atom is 0.242 e. The fourth-order valence-electron chi connectivity index (χ4n) is 7.89.